The van der Waals surface area contributed by atoms with E-state index in [1.54, 1.807) is 0 Å². The van der Waals surface area contributed by atoms with Crippen LogP contribution in [-0.2, 0) is 9.53 Å². The van der Waals surface area contributed by atoms with Gasteiger partial charge in [0.1, 0.15) is 0 Å². The van der Waals surface area contributed by atoms with Crippen LogP contribution in [0.2, 0.25) is 0 Å². The molecule has 0 aliphatic carbocycles. The Bertz CT molecular complexity index is 1110. The van der Waals surface area contributed by atoms with E-state index < -0.39 is 12.1 Å². The lowest BCUT2D eigenvalue weighted by Gasteiger charge is -2.34. The number of carboxylic acid groups (broad SMARTS) is 1. The molecule has 4 heterocycles. The SMILES string of the molecule is O=C(O)C(F)(F)F.c1ccc(-c2ccc3nc(C4CCN(CC5CCOCC5)CC4)nn3c2)cc1. The fourth-order valence-electron chi connectivity index (χ4n) is 4.54. The van der Waals surface area contributed by atoms with Gasteiger partial charge in [-0.15, -0.1) is 0 Å². The standard InChI is InChI=1S/C23H28N4O.C2HF3O2/c1-2-4-19(5-3-1)21-6-7-22-24-23(25-27(22)17-21)20-8-12-26(13-9-20)16-18-10-14-28-15-11-18;3-2(4,5)1(6)7/h1-7,17-18,20H,8-16H2;(H,6,7). The zero-order valence-electron chi connectivity index (χ0n) is 19.3. The van der Waals surface area contributed by atoms with Crippen LogP contribution in [0.25, 0.3) is 16.8 Å². The molecule has 2 fully saturated rings. The lowest BCUT2D eigenvalue weighted by molar-refractivity contribution is -0.192. The van der Waals surface area contributed by atoms with Crippen molar-refractivity contribution in [2.24, 2.45) is 5.92 Å². The summed E-state index contributed by atoms with van der Waals surface area (Å²) in [7, 11) is 0. The van der Waals surface area contributed by atoms with Crippen LogP contribution >= 0.6 is 0 Å². The number of rotatable bonds is 4. The second kappa shape index (κ2) is 11.2. The first-order chi connectivity index (χ1) is 16.8. The number of alkyl halides is 3. The summed E-state index contributed by atoms with van der Waals surface area (Å²) >= 11 is 0. The summed E-state index contributed by atoms with van der Waals surface area (Å²) in [5.41, 5.74) is 3.33. The molecule has 0 unspecified atom stereocenters. The molecule has 2 aromatic heterocycles. The molecule has 1 N–H and O–H groups in total. The van der Waals surface area contributed by atoms with Gasteiger partial charge in [-0.2, -0.15) is 18.3 Å². The number of carboxylic acids is 1. The van der Waals surface area contributed by atoms with Crippen molar-refractivity contribution in [2.75, 3.05) is 32.8 Å². The number of hydrogen-bond acceptors (Lipinski definition) is 5. The molecule has 0 bridgehead atoms. The molecule has 0 amide bonds. The highest BCUT2D eigenvalue weighted by molar-refractivity contribution is 5.73. The molecule has 35 heavy (non-hydrogen) atoms. The van der Waals surface area contributed by atoms with Gasteiger partial charge >= 0.3 is 12.1 Å². The highest BCUT2D eigenvalue weighted by atomic mass is 19.4. The van der Waals surface area contributed by atoms with E-state index in [0.717, 1.165) is 56.5 Å². The van der Waals surface area contributed by atoms with E-state index in [0.29, 0.717) is 5.92 Å². The molecular formula is C25H29F3N4O3. The Morgan fingerprint density at radius 1 is 1.00 bits per heavy atom. The summed E-state index contributed by atoms with van der Waals surface area (Å²) in [6.45, 7) is 5.43. The van der Waals surface area contributed by atoms with Crippen molar-refractivity contribution in [1.29, 1.82) is 0 Å². The smallest absolute Gasteiger partial charge is 0.475 e. The number of nitrogens with zero attached hydrogens (tertiary/aromatic N) is 4. The van der Waals surface area contributed by atoms with Crippen LogP contribution in [0.1, 0.15) is 37.4 Å². The zero-order valence-corrected chi connectivity index (χ0v) is 19.3. The molecule has 2 saturated heterocycles. The number of likely N-dealkylation sites (tertiary alicyclic amines) is 1. The van der Waals surface area contributed by atoms with Gasteiger partial charge in [0.25, 0.3) is 0 Å². The van der Waals surface area contributed by atoms with Crippen molar-refractivity contribution in [3.05, 3.63) is 54.5 Å². The first kappa shape index (κ1) is 25.1. The summed E-state index contributed by atoms with van der Waals surface area (Å²) in [5, 5.41) is 12.0. The topological polar surface area (TPSA) is 80.0 Å². The second-order valence-corrected chi connectivity index (χ2v) is 8.99. The van der Waals surface area contributed by atoms with Crippen LogP contribution in [-0.4, -0.2) is 69.6 Å². The molecule has 0 radical (unpaired) electrons. The molecule has 0 spiro atoms. The minimum absolute atomic E-state index is 0.478. The van der Waals surface area contributed by atoms with Crippen molar-refractivity contribution < 1.29 is 27.8 Å². The summed E-state index contributed by atoms with van der Waals surface area (Å²) in [4.78, 5) is 16.4. The van der Waals surface area contributed by atoms with Crippen LogP contribution in [0.5, 0.6) is 0 Å². The lowest BCUT2D eigenvalue weighted by atomic mass is 9.93. The summed E-state index contributed by atoms with van der Waals surface area (Å²) in [6, 6.07) is 14.7. The molecule has 2 aliphatic heterocycles. The quantitative estimate of drug-likeness (QED) is 0.574. The largest absolute Gasteiger partial charge is 0.490 e. The molecule has 0 saturated carbocycles. The van der Waals surface area contributed by atoms with Crippen molar-refractivity contribution in [3.8, 4) is 11.1 Å². The number of halogens is 3. The van der Waals surface area contributed by atoms with Gasteiger partial charge in [-0.3, -0.25) is 0 Å². The Labute approximate surface area is 201 Å². The van der Waals surface area contributed by atoms with Gasteiger partial charge in [0.2, 0.25) is 0 Å². The fraction of sp³-hybridized carbons (Fsp3) is 0.480. The van der Waals surface area contributed by atoms with Gasteiger partial charge in [0.15, 0.2) is 11.5 Å². The third kappa shape index (κ3) is 6.79. The van der Waals surface area contributed by atoms with Gasteiger partial charge in [0, 0.05) is 37.4 Å². The third-order valence-corrected chi connectivity index (χ3v) is 6.51. The average molecular weight is 491 g/mol. The van der Waals surface area contributed by atoms with E-state index in [9.17, 15) is 13.2 Å². The molecule has 188 valence electrons. The molecule has 5 rings (SSSR count). The van der Waals surface area contributed by atoms with Gasteiger partial charge in [-0.05, 0) is 62.4 Å². The first-order valence-electron chi connectivity index (χ1n) is 11.8. The Hall–Kier alpha value is -2.98. The van der Waals surface area contributed by atoms with Gasteiger partial charge in [0.05, 0.1) is 0 Å². The molecule has 10 heteroatoms. The predicted molar refractivity (Wildman–Crippen MR) is 124 cm³/mol. The number of aromatic nitrogens is 3. The van der Waals surface area contributed by atoms with Crippen molar-refractivity contribution in [1.82, 2.24) is 19.5 Å². The van der Waals surface area contributed by atoms with Gasteiger partial charge < -0.3 is 14.7 Å². The Morgan fingerprint density at radius 3 is 2.29 bits per heavy atom. The Balaban J connectivity index is 0.000000364. The Morgan fingerprint density at radius 2 is 1.66 bits per heavy atom. The number of piperidine rings is 1. The van der Waals surface area contributed by atoms with E-state index >= 15 is 0 Å². The summed E-state index contributed by atoms with van der Waals surface area (Å²) in [6.07, 6.45) is 1.77. The third-order valence-electron chi connectivity index (χ3n) is 6.51. The summed E-state index contributed by atoms with van der Waals surface area (Å²) < 4.78 is 39.2. The maximum absolute atomic E-state index is 10.6. The van der Waals surface area contributed by atoms with Crippen LogP contribution < -0.4 is 0 Å². The second-order valence-electron chi connectivity index (χ2n) is 8.99. The van der Waals surface area contributed by atoms with Crippen LogP contribution in [0.15, 0.2) is 48.7 Å². The average Bonchev–Trinajstić information content (AvgIpc) is 3.29. The number of benzene rings is 1. The first-order valence-corrected chi connectivity index (χ1v) is 11.8. The molecule has 7 nitrogen and oxygen atoms in total. The van der Waals surface area contributed by atoms with E-state index in [2.05, 4.69) is 47.5 Å². The number of pyridine rings is 1. The molecule has 0 atom stereocenters. The zero-order chi connectivity index (χ0) is 24.8. The Kier molecular flexibility index (Phi) is 8.02. The van der Waals surface area contributed by atoms with Gasteiger partial charge in [-0.25, -0.2) is 14.3 Å². The number of fused-ring (bicyclic) bond motifs is 1. The highest BCUT2D eigenvalue weighted by Gasteiger charge is 2.38. The molecule has 3 aromatic rings. The molecular weight excluding hydrogens is 461 g/mol. The maximum atomic E-state index is 10.6. The normalized spacial score (nSPS) is 18.3. The van der Waals surface area contributed by atoms with Crippen LogP contribution in [0, 0.1) is 5.92 Å². The number of ether oxygens (including phenoxy) is 1. The predicted octanol–water partition coefficient (Wildman–Crippen LogP) is 4.64. The fourth-order valence-corrected chi connectivity index (χ4v) is 4.54. The highest BCUT2D eigenvalue weighted by Crippen LogP contribution is 2.28. The number of carbonyl (C=O) groups is 1. The number of aliphatic carboxylic acids is 1. The summed E-state index contributed by atoms with van der Waals surface area (Å²) in [5.74, 6) is -0.454. The molecule has 1 aromatic carbocycles. The van der Waals surface area contributed by atoms with Crippen LogP contribution in [0.4, 0.5) is 13.2 Å². The van der Waals surface area contributed by atoms with Crippen molar-refractivity contribution >= 4 is 11.6 Å². The monoisotopic (exact) mass is 490 g/mol. The number of hydrogen-bond donors (Lipinski definition) is 1. The van der Waals surface area contributed by atoms with E-state index in [4.69, 9.17) is 24.7 Å². The molecule has 2 aliphatic rings. The maximum Gasteiger partial charge on any atom is 0.490 e. The van der Waals surface area contributed by atoms with Crippen molar-refractivity contribution in [3.63, 3.8) is 0 Å². The van der Waals surface area contributed by atoms with Crippen LogP contribution in [0.3, 0.4) is 0 Å². The van der Waals surface area contributed by atoms with E-state index in [-0.39, 0.29) is 0 Å². The van der Waals surface area contributed by atoms with E-state index in [1.807, 2.05) is 10.6 Å². The van der Waals surface area contributed by atoms with E-state index in [1.165, 1.54) is 30.5 Å². The minimum atomic E-state index is -5.08. The van der Waals surface area contributed by atoms with Gasteiger partial charge in [-0.1, -0.05) is 30.3 Å². The minimum Gasteiger partial charge on any atom is -0.475 e. The van der Waals surface area contributed by atoms with Crippen molar-refractivity contribution in [2.45, 2.75) is 37.8 Å². The lowest BCUT2D eigenvalue weighted by Crippen LogP contribution is -2.38.